The Morgan fingerprint density at radius 3 is 2.54 bits per heavy atom. The van der Waals surface area contributed by atoms with E-state index in [-0.39, 0.29) is 48.2 Å². The fourth-order valence-corrected chi connectivity index (χ4v) is 3.80. The van der Waals surface area contributed by atoms with Gasteiger partial charge in [0.05, 0.1) is 6.61 Å². The molecule has 35 heavy (non-hydrogen) atoms. The molecule has 2 aromatic rings. The van der Waals surface area contributed by atoms with Crippen LogP contribution >= 0.6 is 0 Å². The molecule has 1 aliphatic rings. The molecule has 6 nitrogen and oxygen atoms in total. The van der Waals surface area contributed by atoms with Gasteiger partial charge in [0.25, 0.3) is 0 Å². The van der Waals surface area contributed by atoms with Gasteiger partial charge in [-0.25, -0.2) is 4.39 Å². The molecule has 1 saturated heterocycles. The number of likely N-dealkylation sites (tertiary alicyclic amines) is 1. The first kappa shape index (κ1) is 26.1. The first-order valence-corrected chi connectivity index (χ1v) is 11.5. The van der Waals surface area contributed by atoms with Crippen LogP contribution in [0.3, 0.4) is 0 Å². The van der Waals surface area contributed by atoms with Crippen molar-refractivity contribution in [3.63, 3.8) is 0 Å². The first-order chi connectivity index (χ1) is 16.8. The van der Waals surface area contributed by atoms with Crippen LogP contribution in [0.2, 0.25) is 0 Å². The molecular formula is C26H29F3N2O4. The standard InChI is InChI=1S/C26H29F3N2O4/c1-3-34-23-15-18(6-8-22(23)35-26(28)29)7-9-24(32)31-12-10-20(11-13-31)25(33)30-16-19-5-4-17(2)21(27)14-19/h4-9,14-15,20,26H,3,10-13,16H2,1-2H3,(H,30,33)/b9-7+. The smallest absolute Gasteiger partial charge is 0.387 e. The van der Waals surface area contributed by atoms with E-state index in [0.717, 1.165) is 0 Å². The number of rotatable bonds is 9. The number of nitrogens with zero attached hydrogens (tertiary/aromatic N) is 1. The van der Waals surface area contributed by atoms with Crippen molar-refractivity contribution in [2.75, 3.05) is 19.7 Å². The van der Waals surface area contributed by atoms with Gasteiger partial charge in [-0.05, 0) is 67.7 Å². The summed E-state index contributed by atoms with van der Waals surface area (Å²) in [5.74, 6) is -0.730. The van der Waals surface area contributed by atoms with Gasteiger partial charge in [-0.15, -0.1) is 0 Å². The maximum absolute atomic E-state index is 13.7. The van der Waals surface area contributed by atoms with E-state index >= 15 is 0 Å². The number of carbonyl (C=O) groups excluding carboxylic acids is 2. The van der Waals surface area contributed by atoms with E-state index in [1.165, 1.54) is 24.3 Å². The summed E-state index contributed by atoms with van der Waals surface area (Å²) in [6.07, 6.45) is 4.05. The zero-order valence-electron chi connectivity index (χ0n) is 19.7. The quantitative estimate of drug-likeness (QED) is 0.518. The average Bonchev–Trinajstić information content (AvgIpc) is 2.84. The fourth-order valence-electron chi connectivity index (χ4n) is 3.80. The van der Waals surface area contributed by atoms with Gasteiger partial charge in [0.15, 0.2) is 11.5 Å². The molecule has 0 saturated carbocycles. The number of amides is 2. The summed E-state index contributed by atoms with van der Waals surface area (Å²) in [4.78, 5) is 26.7. The lowest BCUT2D eigenvalue weighted by Crippen LogP contribution is -2.42. The second-order valence-corrected chi connectivity index (χ2v) is 8.25. The molecule has 1 aliphatic heterocycles. The predicted octanol–water partition coefficient (Wildman–Crippen LogP) is 4.70. The summed E-state index contributed by atoms with van der Waals surface area (Å²) in [6, 6.07) is 9.33. The van der Waals surface area contributed by atoms with Crippen molar-refractivity contribution >= 4 is 17.9 Å². The topological polar surface area (TPSA) is 67.9 Å². The molecule has 0 bridgehead atoms. The number of benzene rings is 2. The van der Waals surface area contributed by atoms with E-state index in [1.807, 2.05) is 0 Å². The third kappa shape index (κ3) is 7.50. The Hall–Kier alpha value is -3.49. The number of piperidine rings is 1. The minimum atomic E-state index is -2.97. The van der Waals surface area contributed by atoms with Crippen LogP contribution in [0, 0.1) is 18.7 Å². The van der Waals surface area contributed by atoms with E-state index in [1.54, 1.807) is 43.0 Å². The van der Waals surface area contributed by atoms with Crippen molar-refractivity contribution in [2.24, 2.45) is 5.92 Å². The Kier molecular flexibility index (Phi) is 9.17. The summed E-state index contributed by atoms with van der Waals surface area (Å²) in [5.41, 5.74) is 1.85. The van der Waals surface area contributed by atoms with Crippen molar-refractivity contribution in [3.8, 4) is 11.5 Å². The fraction of sp³-hybridized carbons (Fsp3) is 0.385. The Labute approximate surface area is 202 Å². The number of nitrogens with one attached hydrogen (secondary N) is 1. The summed E-state index contributed by atoms with van der Waals surface area (Å²) < 4.78 is 48.6. The lowest BCUT2D eigenvalue weighted by Gasteiger charge is -2.30. The molecule has 2 aromatic carbocycles. The molecule has 3 rings (SSSR count). The van der Waals surface area contributed by atoms with Crippen LogP contribution in [0.1, 0.15) is 36.5 Å². The molecule has 0 aromatic heterocycles. The van der Waals surface area contributed by atoms with Gasteiger partial charge in [0.1, 0.15) is 5.82 Å². The number of carbonyl (C=O) groups is 2. The zero-order valence-corrected chi connectivity index (χ0v) is 19.7. The van der Waals surface area contributed by atoms with Crippen molar-refractivity contribution in [2.45, 2.75) is 39.8 Å². The molecular weight excluding hydrogens is 461 g/mol. The summed E-state index contributed by atoms with van der Waals surface area (Å²) in [5, 5.41) is 2.85. The summed E-state index contributed by atoms with van der Waals surface area (Å²) in [6.45, 7) is 1.84. The summed E-state index contributed by atoms with van der Waals surface area (Å²) >= 11 is 0. The molecule has 0 atom stereocenters. The van der Waals surface area contributed by atoms with Gasteiger partial charge in [0.2, 0.25) is 11.8 Å². The lowest BCUT2D eigenvalue weighted by atomic mass is 9.95. The SMILES string of the molecule is CCOc1cc(/C=C/C(=O)N2CCC(C(=O)NCc3ccc(C)c(F)c3)CC2)ccc1OC(F)F. The average molecular weight is 491 g/mol. The van der Waals surface area contributed by atoms with E-state index < -0.39 is 6.61 Å². The van der Waals surface area contributed by atoms with Crippen LogP contribution < -0.4 is 14.8 Å². The van der Waals surface area contributed by atoms with Crippen molar-refractivity contribution < 1.29 is 32.2 Å². The molecule has 0 aliphatic carbocycles. The molecule has 2 amide bonds. The van der Waals surface area contributed by atoms with Crippen LogP contribution in [-0.4, -0.2) is 43.0 Å². The normalized spacial score (nSPS) is 14.4. The third-order valence-corrected chi connectivity index (χ3v) is 5.78. The number of halogens is 3. The van der Waals surface area contributed by atoms with E-state index in [9.17, 15) is 22.8 Å². The van der Waals surface area contributed by atoms with Crippen LogP contribution in [0.4, 0.5) is 13.2 Å². The van der Waals surface area contributed by atoms with Gasteiger partial charge < -0.3 is 19.7 Å². The molecule has 0 radical (unpaired) electrons. The van der Waals surface area contributed by atoms with Gasteiger partial charge in [-0.3, -0.25) is 9.59 Å². The lowest BCUT2D eigenvalue weighted by molar-refractivity contribution is -0.132. The number of aryl methyl sites for hydroxylation is 1. The molecule has 1 N–H and O–H groups in total. The first-order valence-electron chi connectivity index (χ1n) is 11.5. The maximum Gasteiger partial charge on any atom is 0.387 e. The van der Waals surface area contributed by atoms with Crippen molar-refractivity contribution in [1.82, 2.24) is 10.2 Å². The molecule has 0 unspecified atom stereocenters. The Morgan fingerprint density at radius 1 is 1.14 bits per heavy atom. The molecule has 0 spiro atoms. The number of hydrogen-bond donors (Lipinski definition) is 1. The van der Waals surface area contributed by atoms with Crippen molar-refractivity contribution in [3.05, 3.63) is 65.0 Å². The minimum absolute atomic E-state index is 0.0711. The second kappa shape index (κ2) is 12.3. The molecule has 1 heterocycles. The van der Waals surface area contributed by atoms with Crippen molar-refractivity contribution in [1.29, 1.82) is 0 Å². The Balaban J connectivity index is 1.50. The monoisotopic (exact) mass is 490 g/mol. The van der Waals surface area contributed by atoms with Gasteiger partial charge in [-0.1, -0.05) is 18.2 Å². The Bertz CT molecular complexity index is 1070. The Morgan fingerprint density at radius 2 is 1.89 bits per heavy atom. The highest BCUT2D eigenvalue weighted by Crippen LogP contribution is 2.30. The molecule has 9 heteroatoms. The minimum Gasteiger partial charge on any atom is -0.490 e. The number of ether oxygens (including phenoxy) is 2. The number of alkyl halides is 2. The molecule has 1 fully saturated rings. The van der Waals surface area contributed by atoms with Crippen LogP contribution in [0.25, 0.3) is 6.08 Å². The highest BCUT2D eigenvalue weighted by Gasteiger charge is 2.26. The van der Waals surface area contributed by atoms with Crippen LogP contribution in [-0.2, 0) is 16.1 Å². The van der Waals surface area contributed by atoms with Gasteiger partial charge >= 0.3 is 6.61 Å². The largest absolute Gasteiger partial charge is 0.490 e. The highest BCUT2D eigenvalue weighted by atomic mass is 19.3. The van der Waals surface area contributed by atoms with Crippen LogP contribution in [0.15, 0.2) is 42.5 Å². The van der Waals surface area contributed by atoms with Gasteiger partial charge in [0, 0.05) is 31.6 Å². The van der Waals surface area contributed by atoms with Gasteiger partial charge in [-0.2, -0.15) is 8.78 Å². The number of hydrogen-bond acceptors (Lipinski definition) is 4. The zero-order chi connectivity index (χ0) is 25.4. The van der Waals surface area contributed by atoms with E-state index in [2.05, 4.69) is 10.1 Å². The maximum atomic E-state index is 13.7. The predicted molar refractivity (Wildman–Crippen MR) is 126 cm³/mol. The second-order valence-electron chi connectivity index (χ2n) is 8.25. The summed E-state index contributed by atoms with van der Waals surface area (Å²) in [7, 11) is 0. The van der Waals surface area contributed by atoms with E-state index in [0.29, 0.717) is 42.6 Å². The third-order valence-electron chi connectivity index (χ3n) is 5.78. The highest BCUT2D eigenvalue weighted by molar-refractivity contribution is 5.92. The molecule has 188 valence electrons. The van der Waals surface area contributed by atoms with Crippen LogP contribution in [0.5, 0.6) is 11.5 Å². The van der Waals surface area contributed by atoms with E-state index in [4.69, 9.17) is 4.74 Å².